The van der Waals surface area contributed by atoms with Gasteiger partial charge in [0.05, 0.1) is 0 Å². The van der Waals surface area contributed by atoms with Crippen LogP contribution >= 0.6 is 0 Å². The van der Waals surface area contributed by atoms with Crippen molar-refractivity contribution in [1.82, 2.24) is 0 Å². The predicted molar refractivity (Wildman–Crippen MR) is 119 cm³/mol. The maximum absolute atomic E-state index is 2.48. The highest BCUT2D eigenvalue weighted by molar-refractivity contribution is 5.85. The van der Waals surface area contributed by atoms with Crippen LogP contribution in [0.2, 0.25) is 0 Å². The number of hydrogen-bond donors (Lipinski definition) is 0. The molecule has 0 saturated heterocycles. The number of benzene rings is 3. The second kappa shape index (κ2) is 7.28. The zero-order valence-corrected chi connectivity index (χ0v) is 16.3. The highest BCUT2D eigenvalue weighted by Crippen LogP contribution is 2.52. The number of fused-ring (bicyclic) bond motifs is 2. The van der Waals surface area contributed by atoms with E-state index in [0.717, 1.165) is 0 Å². The second-order valence-corrected chi connectivity index (χ2v) is 8.12. The Hall–Kier alpha value is -2.86. The Bertz CT molecular complexity index is 974. The number of allylic oxidation sites excluding steroid dienone is 2. The van der Waals surface area contributed by atoms with Crippen molar-refractivity contribution >= 4 is 11.6 Å². The van der Waals surface area contributed by atoms with Crippen molar-refractivity contribution in [1.29, 1.82) is 0 Å². The SMILES string of the molecule is C(=C(c1ccccc1)c1ccccc1)C1=Cc2ccccc2C12CCCCC2. The summed E-state index contributed by atoms with van der Waals surface area (Å²) < 4.78 is 0. The fraction of sp³-hybridized carbons (Fsp3) is 0.214. The second-order valence-electron chi connectivity index (χ2n) is 8.12. The molecule has 138 valence electrons. The lowest BCUT2D eigenvalue weighted by Crippen LogP contribution is -2.28. The van der Waals surface area contributed by atoms with Crippen LogP contribution in [0.25, 0.3) is 11.6 Å². The monoisotopic (exact) mass is 362 g/mol. The molecule has 0 heterocycles. The van der Waals surface area contributed by atoms with E-state index in [4.69, 9.17) is 0 Å². The van der Waals surface area contributed by atoms with Crippen LogP contribution in [0.5, 0.6) is 0 Å². The molecule has 0 atom stereocenters. The maximum Gasteiger partial charge on any atom is 0.0209 e. The van der Waals surface area contributed by atoms with Crippen LogP contribution in [0.15, 0.2) is 96.6 Å². The van der Waals surface area contributed by atoms with Crippen LogP contribution in [0.4, 0.5) is 0 Å². The van der Waals surface area contributed by atoms with Crippen molar-refractivity contribution in [2.75, 3.05) is 0 Å². The Balaban J connectivity index is 1.68. The van der Waals surface area contributed by atoms with Gasteiger partial charge in [0.15, 0.2) is 0 Å². The van der Waals surface area contributed by atoms with Crippen LogP contribution in [-0.2, 0) is 5.41 Å². The molecule has 0 radical (unpaired) electrons. The number of hydrogen-bond acceptors (Lipinski definition) is 0. The highest BCUT2D eigenvalue weighted by atomic mass is 14.4. The molecule has 0 N–H and O–H groups in total. The van der Waals surface area contributed by atoms with Gasteiger partial charge >= 0.3 is 0 Å². The lowest BCUT2D eigenvalue weighted by atomic mass is 9.66. The topological polar surface area (TPSA) is 0 Å². The Morgan fingerprint density at radius 2 is 1.21 bits per heavy atom. The van der Waals surface area contributed by atoms with E-state index in [9.17, 15) is 0 Å². The first-order valence-electron chi connectivity index (χ1n) is 10.5. The first kappa shape index (κ1) is 17.3. The smallest absolute Gasteiger partial charge is 0.0209 e. The molecule has 0 amide bonds. The van der Waals surface area contributed by atoms with Gasteiger partial charge in [-0.25, -0.2) is 0 Å². The fourth-order valence-electron chi connectivity index (χ4n) is 5.14. The van der Waals surface area contributed by atoms with Crippen molar-refractivity contribution in [2.45, 2.75) is 37.5 Å². The molecule has 0 aliphatic heterocycles. The van der Waals surface area contributed by atoms with Gasteiger partial charge in [0, 0.05) is 5.41 Å². The molecular weight excluding hydrogens is 336 g/mol. The minimum Gasteiger partial charge on any atom is -0.0622 e. The Kier molecular flexibility index (Phi) is 4.49. The van der Waals surface area contributed by atoms with Gasteiger partial charge in [-0.15, -0.1) is 0 Å². The molecule has 1 spiro atoms. The summed E-state index contributed by atoms with van der Waals surface area (Å²) in [5.41, 5.74) is 8.55. The summed E-state index contributed by atoms with van der Waals surface area (Å²) in [4.78, 5) is 0. The maximum atomic E-state index is 2.48. The van der Waals surface area contributed by atoms with Crippen LogP contribution in [-0.4, -0.2) is 0 Å². The molecule has 28 heavy (non-hydrogen) atoms. The summed E-state index contributed by atoms with van der Waals surface area (Å²) in [6.07, 6.45) is 11.5. The van der Waals surface area contributed by atoms with Gasteiger partial charge in [-0.05, 0) is 52.3 Å². The Morgan fingerprint density at radius 1 is 0.643 bits per heavy atom. The number of rotatable bonds is 3. The van der Waals surface area contributed by atoms with Crippen LogP contribution in [0.3, 0.4) is 0 Å². The summed E-state index contributed by atoms with van der Waals surface area (Å²) in [5, 5.41) is 0. The van der Waals surface area contributed by atoms with Gasteiger partial charge < -0.3 is 0 Å². The first-order valence-corrected chi connectivity index (χ1v) is 10.5. The molecule has 0 unspecified atom stereocenters. The summed E-state index contributed by atoms with van der Waals surface area (Å²) >= 11 is 0. The van der Waals surface area contributed by atoms with E-state index in [2.05, 4.69) is 97.1 Å². The molecule has 1 fully saturated rings. The molecule has 2 aliphatic rings. The summed E-state index contributed by atoms with van der Waals surface area (Å²) in [5.74, 6) is 0. The van der Waals surface area contributed by atoms with E-state index >= 15 is 0 Å². The Labute approximate surface area is 168 Å². The van der Waals surface area contributed by atoms with E-state index in [1.54, 1.807) is 5.56 Å². The van der Waals surface area contributed by atoms with Gasteiger partial charge in [-0.2, -0.15) is 0 Å². The fourth-order valence-corrected chi connectivity index (χ4v) is 5.14. The van der Waals surface area contributed by atoms with Crippen molar-refractivity contribution in [2.24, 2.45) is 0 Å². The predicted octanol–water partition coefficient (Wildman–Crippen LogP) is 7.42. The van der Waals surface area contributed by atoms with E-state index < -0.39 is 0 Å². The molecule has 0 aromatic heterocycles. The van der Waals surface area contributed by atoms with Crippen LogP contribution in [0, 0.1) is 0 Å². The average Bonchev–Trinajstić information content (AvgIpc) is 3.06. The lowest BCUT2D eigenvalue weighted by Gasteiger charge is -2.37. The molecule has 0 heteroatoms. The van der Waals surface area contributed by atoms with E-state index in [-0.39, 0.29) is 5.41 Å². The quantitative estimate of drug-likeness (QED) is 0.455. The minimum atomic E-state index is 0.198. The van der Waals surface area contributed by atoms with Crippen molar-refractivity contribution in [3.05, 3.63) is 119 Å². The minimum absolute atomic E-state index is 0.198. The van der Waals surface area contributed by atoms with Crippen LogP contribution in [0.1, 0.15) is 54.4 Å². The largest absolute Gasteiger partial charge is 0.0622 e. The third-order valence-corrected chi connectivity index (χ3v) is 6.52. The summed E-state index contributed by atoms with van der Waals surface area (Å²) in [6.45, 7) is 0. The van der Waals surface area contributed by atoms with Gasteiger partial charge in [0.1, 0.15) is 0 Å². The van der Waals surface area contributed by atoms with Crippen molar-refractivity contribution < 1.29 is 0 Å². The van der Waals surface area contributed by atoms with Gasteiger partial charge in [-0.1, -0.05) is 110 Å². The van der Waals surface area contributed by atoms with Gasteiger partial charge in [-0.3, -0.25) is 0 Å². The van der Waals surface area contributed by atoms with E-state index in [1.807, 2.05) is 0 Å². The standard InChI is InChI=1S/C28H26/c1-4-12-22(13-5-1)26(23-14-6-2-7-15-23)21-25-20-24-16-8-9-17-27(24)28(25)18-10-3-11-19-28/h1-2,4-9,12-17,20-21H,3,10-11,18-19H2. The third-order valence-electron chi connectivity index (χ3n) is 6.52. The van der Waals surface area contributed by atoms with Crippen molar-refractivity contribution in [3.8, 4) is 0 Å². The molecule has 0 nitrogen and oxygen atoms in total. The molecule has 3 aromatic rings. The molecular formula is C28H26. The third kappa shape index (κ3) is 2.94. The van der Waals surface area contributed by atoms with Gasteiger partial charge in [0.2, 0.25) is 0 Å². The zero-order valence-electron chi connectivity index (χ0n) is 16.3. The first-order chi connectivity index (χ1) is 13.9. The normalized spacial score (nSPS) is 17.1. The molecule has 2 aliphatic carbocycles. The Morgan fingerprint density at radius 3 is 1.86 bits per heavy atom. The summed E-state index contributed by atoms with van der Waals surface area (Å²) in [7, 11) is 0. The zero-order chi connectivity index (χ0) is 18.8. The van der Waals surface area contributed by atoms with E-state index in [0.29, 0.717) is 0 Å². The molecule has 0 bridgehead atoms. The van der Waals surface area contributed by atoms with Gasteiger partial charge in [0.25, 0.3) is 0 Å². The lowest BCUT2D eigenvalue weighted by molar-refractivity contribution is 0.351. The van der Waals surface area contributed by atoms with Crippen LogP contribution < -0.4 is 0 Å². The molecule has 1 saturated carbocycles. The summed E-state index contributed by atoms with van der Waals surface area (Å²) in [6, 6.07) is 30.7. The van der Waals surface area contributed by atoms with Crippen molar-refractivity contribution in [3.63, 3.8) is 0 Å². The van der Waals surface area contributed by atoms with E-state index in [1.165, 1.54) is 59.9 Å². The molecule has 5 rings (SSSR count). The molecule has 3 aromatic carbocycles. The average molecular weight is 363 g/mol. The highest BCUT2D eigenvalue weighted by Gasteiger charge is 2.41.